The average Bonchev–Trinajstić information content (AvgIpc) is 3.69. The first kappa shape index (κ1) is 36.6. The molecule has 12 rings (SSSR count). The maximum atomic E-state index is 2.50. The van der Waals surface area contributed by atoms with Crippen LogP contribution in [0, 0.1) is 0 Å². The van der Waals surface area contributed by atoms with E-state index in [1.807, 2.05) is 0 Å². The summed E-state index contributed by atoms with van der Waals surface area (Å²) in [5, 5.41) is 5.05. The molecule has 2 aliphatic carbocycles. The molecule has 0 aliphatic heterocycles. The maximum Gasteiger partial charge on any atom is 0.0159 e. The Morgan fingerprint density at radius 2 is 0.629 bits per heavy atom. The third-order valence-electron chi connectivity index (χ3n) is 14.3. The van der Waals surface area contributed by atoms with Gasteiger partial charge in [-0.1, -0.05) is 216 Å². The highest BCUT2D eigenvalue weighted by atomic mass is 14.4. The normalized spacial score (nSPS) is 14.1. The molecule has 0 radical (unpaired) electrons. The minimum absolute atomic E-state index is 0.0783. The van der Waals surface area contributed by atoms with E-state index in [2.05, 4.69) is 234 Å². The standard InChI is InChI=1S/C62H46/c1-61(2)55-24-14-12-19-46(55)48-33-30-43(37-57(48)61)42-31-35-53-54(36-42)59(44-32-34-49-47-20-13-15-25-56(47)62(3,4)58(49)38-44)51-22-10-11-23-52(51)60(53)50-21-9-8-18-45(50)41-28-26-40(27-29-41)39-16-6-5-7-17-39/h5-38H,1-4H3. The molecule has 0 N–H and O–H groups in total. The smallest absolute Gasteiger partial charge is 0.0159 e. The second kappa shape index (κ2) is 13.6. The highest BCUT2D eigenvalue weighted by molar-refractivity contribution is 6.23. The van der Waals surface area contributed by atoms with E-state index in [1.165, 1.54) is 122 Å². The van der Waals surface area contributed by atoms with Gasteiger partial charge >= 0.3 is 0 Å². The number of hydrogen-bond acceptors (Lipinski definition) is 0. The van der Waals surface area contributed by atoms with Gasteiger partial charge in [0, 0.05) is 10.8 Å². The fourth-order valence-corrected chi connectivity index (χ4v) is 11.1. The molecule has 10 aromatic rings. The Balaban J connectivity index is 1.11. The molecular formula is C62H46. The molecule has 0 amide bonds. The van der Waals surface area contributed by atoms with Gasteiger partial charge in [-0.15, -0.1) is 0 Å². The first-order valence-electron chi connectivity index (χ1n) is 22.0. The van der Waals surface area contributed by atoms with Crippen LogP contribution in [0.25, 0.3) is 99.4 Å². The van der Waals surface area contributed by atoms with Gasteiger partial charge in [-0.25, -0.2) is 0 Å². The van der Waals surface area contributed by atoms with Crippen molar-refractivity contribution in [1.82, 2.24) is 0 Å². The van der Waals surface area contributed by atoms with Crippen molar-refractivity contribution >= 4 is 21.5 Å². The third-order valence-corrected chi connectivity index (χ3v) is 14.3. The van der Waals surface area contributed by atoms with Gasteiger partial charge in [-0.3, -0.25) is 0 Å². The van der Waals surface area contributed by atoms with Crippen LogP contribution in [0.2, 0.25) is 0 Å². The van der Waals surface area contributed by atoms with Crippen molar-refractivity contribution in [1.29, 1.82) is 0 Å². The predicted octanol–water partition coefficient (Wildman–Crippen LogP) is 16.9. The Kier molecular flexibility index (Phi) is 8.03. The van der Waals surface area contributed by atoms with E-state index in [9.17, 15) is 0 Å². The van der Waals surface area contributed by atoms with E-state index in [-0.39, 0.29) is 10.8 Å². The fraction of sp³-hybridized carbons (Fsp3) is 0.0968. The number of benzene rings is 10. The van der Waals surface area contributed by atoms with E-state index >= 15 is 0 Å². The zero-order valence-corrected chi connectivity index (χ0v) is 35.6. The molecule has 294 valence electrons. The molecule has 0 unspecified atom stereocenters. The van der Waals surface area contributed by atoms with Crippen LogP contribution in [-0.2, 0) is 10.8 Å². The SMILES string of the molecule is CC1(C)c2ccccc2-c2ccc(-c3ccc4c(-c5ccccc5-c5ccc(-c6ccccc6)cc5)c5ccccc5c(-c5ccc6c(c5)C(C)(C)c5ccccc5-6)c4c3)cc21. The van der Waals surface area contributed by atoms with Crippen molar-refractivity contribution in [2.24, 2.45) is 0 Å². The minimum Gasteiger partial charge on any atom is -0.0622 e. The van der Waals surface area contributed by atoms with Crippen molar-refractivity contribution in [3.05, 3.63) is 229 Å². The summed E-state index contributed by atoms with van der Waals surface area (Å²) in [6.45, 7) is 9.52. The van der Waals surface area contributed by atoms with E-state index in [0.29, 0.717) is 0 Å². The quantitative estimate of drug-likeness (QED) is 0.152. The lowest BCUT2D eigenvalue weighted by molar-refractivity contribution is 0.660. The zero-order chi connectivity index (χ0) is 41.7. The van der Waals surface area contributed by atoms with Crippen LogP contribution in [0.1, 0.15) is 49.9 Å². The Morgan fingerprint density at radius 1 is 0.226 bits per heavy atom. The van der Waals surface area contributed by atoms with Crippen molar-refractivity contribution in [2.75, 3.05) is 0 Å². The summed E-state index contributed by atoms with van der Waals surface area (Å²) >= 11 is 0. The fourth-order valence-electron chi connectivity index (χ4n) is 11.1. The van der Waals surface area contributed by atoms with Gasteiger partial charge < -0.3 is 0 Å². The largest absolute Gasteiger partial charge is 0.0622 e. The second-order valence-corrected chi connectivity index (χ2v) is 18.4. The Bertz CT molecular complexity index is 3430. The van der Waals surface area contributed by atoms with Gasteiger partial charge in [0.15, 0.2) is 0 Å². The lowest BCUT2D eigenvalue weighted by Crippen LogP contribution is -2.14. The number of rotatable bonds is 5. The number of fused-ring (bicyclic) bond motifs is 8. The summed E-state index contributed by atoms with van der Waals surface area (Å²) in [6.07, 6.45) is 0. The summed E-state index contributed by atoms with van der Waals surface area (Å²) in [6, 6.07) is 77.4. The van der Waals surface area contributed by atoms with Crippen molar-refractivity contribution in [3.8, 4) is 77.9 Å². The van der Waals surface area contributed by atoms with E-state index in [1.54, 1.807) is 0 Å². The van der Waals surface area contributed by atoms with Crippen molar-refractivity contribution < 1.29 is 0 Å². The highest BCUT2D eigenvalue weighted by Crippen LogP contribution is 2.53. The van der Waals surface area contributed by atoms with Crippen LogP contribution < -0.4 is 0 Å². The zero-order valence-electron chi connectivity index (χ0n) is 35.6. The first-order chi connectivity index (χ1) is 30.3. The molecule has 62 heavy (non-hydrogen) atoms. The van der Waals surface area contributed by atoms with Crippen molar-refractivity contribution in [2.45, 2.75) is 38.5 Å². The average molecular weight is 791 g/mol. The second-order valence-electron chi connectivity index (χ2n) is 18.4. The molecule has 0 bridgehead atoms. The summed E-state index contributed by atoms with van der Waals surface area (Å²) in [5.41, 5.74) is 23.2. The Labute approximate surface area is 364 Å². The topological polar surface area (TPSA) is 0 Å². The lowest BCUT2D eigenvalue weighted by Gasteiger charge is -2.24. The summed E-state index contributed by atoms with van der Waals surface area (Å²) < 4.78 is 0. The molecule has 0 spiro atoms. The lowest BCUT2D eigenvalue weighted by atomic mass is 9.79. The van der Waals surface area contributed by atoms with Gasteiger partial charge in [-0.05, 0) is 140 Å². The van der Waals surface area contributed by atoms with Crippen LogP contribution in [0.4, 0.5) is 0 Å². The third kappa shape index (κ3) is 5.39. The molecule has 0 heteroatoms. The van der Waals surface area contributed by atoms with Gasteiger partial charge in [-0.2, -0.15) is 0 Å². The van der Waals surface area contributed by atoms with Gasteiger partial charge in [0.1, 0.15) is 0 Å². The molecule has 0 heterocycles. The number of hydrogen-bond donors (Lipinski definition) is 0. The Morgan fingerprint density at radius 3 is 1.27 bits per heavy atom. The molecule has 0 fully saturated rings. The van der Waals surface area contributed by atoms with Crippen LogP contribution in [-0.4, -0.2) is 0 Å². The summed E-state index contributed by atoms with van der Waals surface area (Å²) in [7, 11) is 0. The minimum atomic E-state index is -0.109. The van der Waals surface area contributed by atoms with Gasteiger partial charge in [0.25, 0.3) is 0 Å². The van der Waals surface area contributed by atoms with Gasteiger partial charge in [0.05, 0.1) is 0 Å². The molecule has 2 aliphatic rings. The molecule has 0 atom stereocenters. The predicted molar refractivity (Wildman–Crippen MR) is 264 cm³/mol. The van der Waals surface area contributed by atoms with Crippen LogP contribution in [0.5, 0.6) is 0 Å². The molecular weight excluding hydrogens is 745 g/mol. The maximum absolute atomic E-state index is 2.50. The molecule has 0 saturated carbocycles. The summed E-state index contributed by atoms with van der Waals surface area (Å²) in [5.74, 6) is 0. The molecule has 0 nitrogen and oxygen atoms in total. The molecule has 10 aromatic carbocycles. The van der Waals surface area contributed by atoms with E-state index in [0.717, 1.165) is 0 Å². The first-order valence-corrected chi connectivity index (χ1v) is 22.0. The van der Waals surface area contributed by atoms with E-state index in [4.69, 9.17) is 0 Å². The van der Waals surface area contributed by atoms with Crippen molar-refractivity contribution in [3.63, 3.8) is 0 Å². The van der Waals surface area contributed by atoms with Crippen LogP contribution in [0.3, 0.4) is 0 Å². The van der Waals surface area contributed by atoms with Crippen LogP contribution in [0.15, 0.2) is 206 Å². The Hall–Kier alpha value is -7.28. The monoisotopic (exact) mass is 790 g/mol. The highest BCUT2D eigenvalue weighted by Gasteiger charge is 2.37. The summed E-state index contributed by atoms with van der Waals surface area (Å²) in [4.78, 5) is 0. The van der Waals surface area contributed by atoms with Gasteiger partial charge in [0.2, 0.25) is 0 Å². The van der Waals surface area contributed by atoms with E-state index < -0.39 is 0 Å². The molecule has 0 saturated heterocycles. The van der Waals surface area contributed by atoms with Crippen LogP contribution >= 0.6 is 0 Å². The molecule has 0 aromatic heterocycles.